The van der Waals surface area contributed by atoms with Crippen LogP contribution >= 0.6 is 0 Å². The topological polar surface area (TPSA) is 73.2 Å². The molecule has 1 aromatic rings. The Labute approximate surface area is 142 Å². The lowest BCUT2D eigenvalue weighted by Crippen LogP contribution is -2.45. The van der Waals surface area contributed by atoms with Crippen molar-refractivity contribution in [2.45, 2.75) is 45.8 Å². The van der Waals surface area contributed by atoms with Crippen LogP contribution in [0.5, 0.6) is 0 Å². The summed E-state index contributed by atoms with van der Waals surface area (Å²) in [6, 6.07) is -0.769. The van der Waals surface area contributed by atoms with Crippen LogP contribution in [0.25, 0.3) is 0 Å². The van der Waals surface area contributed by atoms with Crippen molar-refractivity contribution >= 4 is 12.0 Å². The monoisotopic (exact) mass is 331 g/mol. The number of amides is 1. The van der Waals surface area contributed by atoms with E-state index < -0.39 is 17.7 Å². The molecule has 6 heteroatoms. The predicted octanol–water partition coefficient (Wildman–Crippen LogP) is 3.50. The normalized spacial score (nSPS) is 13.6. The molecule has 130 valence electrons. The van der Waals surface area contributed by atoms with Crippen LogP contribution in [-0.4, -0.2) is 33.2 Å². The van der Waals surface area contributed by atoms with Crippen molar-refractivity contribution in [1.29, 1.82) is 0 Å². The highest BCUT2D eigenvalue weighted by Crippen LogP contribution is 2.12. The number of allylic oxidation sites excluding steroid dienone is 4. The molecule has 24 heavy (non-hydrogen) atoms. The van der Waals surface area contributed by atoms with Crippen LogP contribution in [0.15, 0.2) is 55.2 Å². The first-order chi connectivity index (χ1) is 11.3. The fourth-order valence-corrected chi connectivity index (χ4v) is 1.93. The molecule has 0 aliphatic carbocycles. The predicted molar refractivity (Wildman–Crippen MR) is 93.7 cm³/mol. The van der Waals surface area contributed by atoms with Crippen LogP contribution in [0.4, 0.5) is 4.79 Å². The Kier molecular flexibility index (Phi) is 7.17. The number of alkyl carbamates (subject to hydrolysis) is 1. The zero-order valence-electron chi connectivity index (χ0n) is 14.7. The number of hydrogen-bond donors (Lipinski definition) is 1. The highest BCUT2D eigenvalue weighted by Gasteiger charge is 2.25. The van der Waals surface area contributed by atoms with Crippen molar-refractivity contribution in [2.75, 3.05) is 0 Å². The molecule has 1 amide bonds. The van der Waals surface area contributed by atoms with Crippen molar-refractivity contribution in [1.82, 2.24) is 14.9 Å². The lowest BCUT2D eigenvalue weighted by Gasteiger charge is -2.23. The fraction of sp³-hybridized carbons (Fsp3) is 0.389. The third kappa shape index (κ3) is 6.64. The number of carbonyl (C=O) groups excluding carboxylic acids is 2. The summed E-state index contributed by atoms with van der Waals surface area (Å²) in [5, 5.41) is 2.64. The molecule has 0 aliphatic heterocycles. The number of ether oxygens (including phenoxy) is 1. The zero-order chi connectivity index (χ0) is 18.2. The molecule has 0 aromatic carbocycles. The molecule has 0 spiro atoms. The molecule has 1 rings (SSSR count). The van der Waals surface area contributed by atoms with Crippen molar-refractivity contribution in [3.63, 3.8) is 0 Å². The smallest absolute Gasteiger partial charge is 0.408 e. The van der Waals surface area contributed by atoms with Gasteiger partial charge in [0.1, 0.15) is 18.0 Å². The molecule has 0 unspecified atom stereocenters. The van der Waals surface area contributed by atoms with E-state index in [-0.39, 0.29) is 5.91 Å². The van der Waals surface area contributed by atoms with E-state index >= 15 is 0 Å². The van der Waals surface area contributed by atoms with E-state index in [1.54, 1.807) is 39.1 Å². The number of imidazole rings is 1. The van der Waals surface area contributed by atoms with Gasteiger partial charge in [0.2, 0.25) is 0 Å². The van der Waals surface area contributed by atoms with E-state index in [4.69, 9.17) is 4.74 Å². The van der Waals surface area contributed by atoms with Crippen LogP contribution in [0.3, 0.4) is 0 Å². The second kappa shape index (κ2) is 8.86. The summed E-state index contributed by atoms with van der Waals surface area (Å²) in [5.74, 6) is -0.287. The summed E-state index contributed by atoms with van der Waals surface area (Å²) >= 11 is 0. The summed E-state index contributed by atoms with van der Waals surface area (Å²) in [5.41, 5.74) is 0.253. The van der Waals surface area contributed by atoms with Gasteiger partial charge in [-0.05, 0) is 33.3 Å². The molecular formula is C18H25N3O3. The molecule has 1 atom stereocenters. The minimum atomic E-state index is -0.769. The molecule has 0 bridgehead atoms. The van der Waals surface area contributed by atoms with Gasteiger partial charge < -0.3 is 10.1 Å². The third-order valence-corrected chi connectivity index (χ3v) is 3.00. The van der Waals surface area contributed by atoms with Gasteiger partial charge in [0, 0.05) is 18.8 Å². The van der Waals surface area contributed by atoms with Crippen molar-refractivity contribution in [3.05, 3.63) is 55.2 Å². The number of carbonyl (C=O) groups is 2. The average Bonchev–Trinajstić information content (AvgIpc) is 3.01. The van der Waals surface area contributed by atoms with Crippen molar-refractivity contribution in [3.8, 4) is 0 Å². The Bertz CT molecular complexity index is 622. The third-order valence-electron chi connectivity index (χ3n) is 3.00. The quantitative estimate of drug-likeness (QED) is 0.810. The minimum Gasteiger partial charge on any atom is -0.444 e. The Morgan fingerprint density at radius 1 is 1.42 bits per heavy atom. The maximum absolute atomic E-state index is 12.6. The summed E-state index contributed by atoms with van der Waals surface area (Å²) in [6.07, 6.45) is 11.3. The van der Waals surface area contributed by atoms with Gasteiger partial charge in [0.25, 0.3) is 5.91 Å². The first-order valence-corrected chi connectivity index (χ1v) is 7.72. The summed E-state index contributed by atoms with van der Waals surface area (Å²) in [6.45, 7) is 10.8. The van der Waals surface area contributed by atoms with E-state index in [9.17, 15) is 9.59 Å². The Morgan fingerprint density at radius 3 is 2.62 bits per heavy atom. The van der Waals surface area contributed by atoms with Crippen LogP contribution in [-0.2, 0) is 4.74 Å². The maximum Gasteiger partial charge on any atom is 0.408 e. The Morgan fingerprint density at radius 2 is 2.12 bits per heavy atom. The van der Waals surface area contributed by atoms with E-state index in [0.717, 1.165) is 5.57 Å². The van der Waals surface area contributed by atoms with Crippen LogP contribution in [0.1, 0.15) is 38.9 Å². The molecule has 0 saturated carbocycles. The van der Waals surface area contributed by atoms with E-state index in [1.807, 2.05) is 19.1 Å². The summed E-state index contributed by atoms with van der Waals surface area (Å²) in [4.78, 5) is 28.5. The molecule has 0 aliphatic rings. The molecule has 1 N–H and O–H groups in total. The standard InChI is InChI=1S/C18H25N3O3/c1-6-8-9-14(7-2)12-15(16(22)21-11-10-19-13-21)20-17(23)24-18(3,4)5/h6-11,13,15H,1,12H2,2-5H3,(H,20,23)/b9-8-,14-7+/t15-/m0/s1. The number of hydrogen-bond acceptors (Lipinski definition) is 4. The van der Waals surface area contributed by atoms with Gasteiger partial charge in [-0.25, -0.2) is 9.78 Å². The van der Waals surface area contributed by atoms with Gasteiger partial charge in [-0.15, -0.1) is 0 Å². The Balaban J connectivity index is 2.94. The molecular weight excluding hydrogens is 306 g/mol. The van der Waals surface area contributed by atoms with Gasteiger partial charge in [0.15, 0.2) is 0 Å². The van der Waals surface area contributed by atoms with Crippen LogP contribution in [0, 0.1) is 0 Å². The van der Waals surface area contributed by atoms with Gasteiger partial charge >= 0.3 is 6.09 Å². The highest BCUT2D eigenvalue weighted by atomic mass is 16.6. The fourth-order valence-electron chi connectivity index (χ4n) is 1.93. The van der Waals surface area contributed by atoms with Crippen molar-refractivity contribution in [2.24, 2.45) is 0 Å². The van der Waals surface area contributed by atoms with E-state index in [0.29, 0.717) is 6.42 Å². The molecule has 0 saturated heterocycles. The van der Waals surface area contributed by atoms with Gasteiger partial charge in [-0.1, -0.05) is 30.9 Å². The number of nitrogens with zero attached hydrogens (tertiary/aromatic N) is 2. The second-order valence-corrected chi connectivity index (χ2v) is 6.17. The van der Waals surface area contributed by atoms with Gasteiger partial charge in [-0.3, -0.25) is 9.36 Å². The lowest BCUT2D eigenvalue weighted by molar-refractivity contribution is 0.0482. The molecule has 0 radical (unpaired) electrons. The molecule has 0 fully saturated rings. The van der Waals surface area contributed by atoms with E-state index in [1.165, 1.54) is 17.1 Å². The van der Waals surface area contributed by atoms with Gasteiger partial charge in [0.05, 0.1) is 0 Å². The number of rotatable bonds is 6. The second-order valence-electron chi connectivity index (χ2n) is 6.17. The molecule has 1 heterocycles. The number of aromatic nitrogens is 2. The average molecular weight is 331 g/mol. The van der Waals surface area contributed by atoms with Crippen molar-refractivity contribution < 1.29 is 14.3 Å². The van der Waals surface area contributed by atoms with Crippen LogP contribution < -0.4 is 5.32 Å². The molecule has 6 nitrogen and oxygen atoms in total. The molecule has 1 aromatic heterocycles. The largest absolute Gasteiger partial charge is 0.444 e. The first-order valence-electron chi connectivity index (χ1n) is 7.72. The summed E-state index contributed by atoms with van der Waals surface area (Å²) in [7, 11) is 0. The minimum absolute atomic E-state index is 0.287. The Hall–Kier alpha value is -2.63. The first kappa shape index (κ1) is 19.4. The SMILES string of the molecule is C=C/C=C\C(=C/C)C[C@H](NC(=O)OC(C)(C)C)C(=O)n1ccnc1. The van der Waals surface area contributed by atoms with Crippen LogP contribution in [0.2, 0.25) is 0 Å². The highest BCUT2D eigenvalue weighted by molar-refractivity contribution is 5.87. The summed E-state index contributed by atoms with van der Waals surface area (Å²) < 4.78 is 6.59. The maximum atomic E-state index is 12.6. The lowest BCUT2D eigenvalue weighted by atomic mass is 10.0. The van der Waals surface area contributed by atoms with E-state index in [2.05, 4.69) is 16.9 Å². The number of nitrogens with one attached hydrogen (secondary N) is 1. The zero-order valence-corrected chi connectivity index (χ0v) is 14.7. The van der Waals surface area contributed by atoms with Gasteiger partial charge in [-0.2, -0.15) is 0 Å².